The molecule has 1 atom stereocenters. The standard InChI is InChI=1S/C17H21N3O2/c1-11(2)20-17(22)15(18)9-12-3-5-13(6-4-12)14-7-8-19-16(21)10-14/h3-8,10-11,15H,9,18H2,1-2H3,(H,19,21)(H,20,22)/t15-/m0/s1. The van der Waals surface area contributed by atoms with E-state index in [1.807, 2.05) is 44.2 Å². The molecule has 1 aromatic heterocycles. The molecule has 5 heteroatoms. The maximum absolute atomic E-state index is 11.8. The Morgan fingerprint density at radius 2 is 1.86 bits per heavy atom. The lowest BCUT2D eigenvalue weighted by Crippen LogP contribution is -2.44. The zero-order chi connectivity index (χ0) is 16.1. The van der Waals surface area contributed by atoms with Gasteiger partial charge in [0.15, 0.2) is 0 Å². The molecule has 0 saturated heterocycles. The van der Waals surface area contributed by atoms with Crippen molar-refractivity contribution in [1.29, 1.82) is 0 Å². The number of aromatic amines is 1. The fourth-order valence-corrected chi connectivity index (χ4v) is 2.20. The zero-order valence-electron chi connectivity index (χ0n) is 12.8. The number of carbonyl (C=O) groups excluding carboxylic acids is 1. The Morgan fingerprint density at radius 1 is 1.18 bits per heavy atom. The van der Waals surface area contributed by atoms with Crippen LogP contribution in [0.3, 0.4) is 0 Å². The van der Waals surface area contributed by atoms with E-state index in [-0.39, 0.29) is 17.5 Å². The molecular weight excluding hydrogens is 278 g/mol. The van der Waals surface area contributed by atoms with E-state index < -0.39 is 6.04 Å². The second-order valence-electron chi connectivity index (χ2n) is 5.61. The summed E-state index contributed by atoms with van der Waals surface area (Å²) in [6.07, 6.45) is 2.10. The van der Waals surface area contributed by atoms with Crippen molar-refractivity contribution >= 4 is 5.91 Å². The van der Waals surface area contributed by atoms with E-state index in [2.05, 4.69) is 10.3 Å². The summed E-state index contributed by atoms with van der Waals surface area (Å²) in [7, 11) is 0. The SMILES string of the molecule is CC(C)NC(=O)[C@@H](N)Cc1ccc(-c2cc[nH]c(=O)c2)cc1. The lowest BCUT2D eigenvalue weighted by molar-refractivity contribution is -0.122. The van der Waals surface area contributed by atoms with Gasteiger partial charge in [-0.2, -0.15) is 0 Å². The summed E-state index contributed by atoms with van der Waals surface area (Å²) >= 11 is 0. The van der Waals surface area contributed by atoms with Gasteiger partial charge in [0.2, 0.25) is 11.5 Å². The number of benzene rings is 1. The third kappa shape index (κ3) is 4.30. The summed E-state index contributed by atoms with van der Waals surface area (Å²) < 4.78 is 0. The highest BCUT2D eigenvalue weighted by Crippen LogP contribution is 2.18. The highest BCUT2D eigenvalue weighted by Gasteiger charge is 2.14. The van der Waals surface area contributed by atoms with Crippen LogP contribution in [0.25, 0.3) is 11.1 Å². The monoisotopic (exact) mass is 299 g/mol. The van der Waals surface area contributed by atoms with Crippen LogP contribution in [-0.2, 0) is 11.2 Å². The first-order chi connectivity index (χ1) is 10.5. The van der Waals surface area contributed by atoms with Gasteiger partial charge in [0.05, 0.1) is 6.04 Å². The number of nitrogens with one attached hydrogen (secondary N) is 2. The van der Waals surface area contributed by atoms with Gasteiger partial charge in [-0.25, -0.2) is 0 Å². The minimum Gasteiger partial charge on any atom is -0.353 e. The van der Waals surface area contributed by atoms with Gasteiger partial charge in [0, 0.05) is 18.3 Å². The van der Waals surface area contributed by atoms with Gasteiger partial charge in [-0.05, 0) is 43.0 Å². The minimum absolute atomic E-state index is 0.0806. The van der Waals surface area contributed by atoms with E-state index in [1.165, 1.54) is 0 Å². The van der Waals surface area contributed by atoms with Crippen LogP contribution in [0.5, 0.6) is 0 Å². The van der Waals surface area contributed by atoms with Crippen molar-refractivity contribution in [2.24, 2.45) is 5.73 Å². The van der Waals surface area contributed by atoms with E-state index in [4.69, 9.17) is 5.73 Å². The van der Waals surface area contributed by atoms with Gasteiger partial charge >= 0.3 is 0 Å². The molecule has 0 radical (unpaired) electrons. The van der Waals surface area contributed by atoms with E-state index in [0.29, 0.717) is 6.42 Å². The second-order valence-corrected chi connectivity index (χ2v) is 5.61. The molecular formula is C17H21N3O2. The van der Waals surface area contributed by atoms with Crippen LogP contribution in [0, 0.1) is 0 Å². The number of hydrogen-bond acceptors (Lipinski definition) is 3. The van der Waals surface area contributed by atoms with Crippen molar-refractivity contribution < 1.29 is 4.79 Å². The number of aromatic nitrogens is 1. The summed E-state index contributed by atoms with van der Waals surface area (Å²) in [6, 6.07) is 10.6. The van der Waals surface area contributed by atoms with Crippen molar-refractivity contribution in [3.8, 4) is 11.1 Å². The van der Waals surface area contributed by atoms with Gasteiger partial charge in [0.1, 0.15) is 0 Å². The van der Waals surface area contributed by atoms with Crippen molar-refractivity contribution in [1.82, 2.24) is 10.3 Å². The van der Waals surface area contributed by atoms with Crippen LogP contribution >= 0.6 is 0 Å². The summed E-state index contributed by atoms with van der Waals surface area (Å²) in [5.41, 5.74) is 8.58. The highest BCUT2D eigenvalue weighted by molar-refractivity contribution is 5.82. The minimum atomic E-state index is -0.562. The van der Waals surface area contributed by atoms with Gasteiger partial charge in [0.25, 0.3) is 0 Å². The Bertz CT molecular complexity index is 690. The fourth-order valence-electron chi connectivity index (χ4n) is 2.20. The molecule has 0 bridgehead atoms. The molecule has 22 heavy (non-hydrogen) atoms. The number of nitrogens with two attached hydrogens (primary N) is 1. The molecule has 0 spiro atoms. The molecule has 0 aliphatic heterocycles. The van der Waals surface area contributed by atoms with Gasteiger partial charge in [-0.1, -0.05) is 24.3 Å². The molecule has 1 heterocycles. The van der Waals surface area contributed by atoms with E-state index in [9.17, 15) is 9.59 Å². The average molecular weight is 299 g/mol. The number of hydrogen-bond donors (Lipinski definition) is 3. The lowest BCUT2D eigenvalue weighted by atomic mass is 10.0. The van der Waals surface area contributed by atoms with Crippen molar-refractivity contribution in [2.45, 2.75) is 32.4 Å². The van der Waals surface area contributed by atoms with Crippen LogP contribution in [-0.4, -0.2) is 23.0 Å². The van der Waals surface area contributed by atoms with Crippen LogP contribution in [0.15, 0.2) is 47.4 Å². The maximum Gasteiger partial charge on any atom is 0.248 e. The Balaban J connectivity index is 2.06. The molecule has 0 unspecified atom stereocenters. The quantitative estimate of drug-likeness (QED) is 0.780. The number of rotatable bonds is 5. The van der Waals surface area contributed by atoms with Crippen molar-refractivity contribution in [3.63, 3.8) is 0 Å². The first-order valence-corrected chi connectivity index (χ1v) is 7.29. The molecule has 0 aliphatic rings. The second kappa shape index (κ2) is 7.04. The van der Waals surface area contributed by atoms with E-state index in [0.717, 1.165) is 16.7 Å². The molecule has 1 amide bonds. The molecule has 4 N–H and O–H groups in total. The summed E-state index contributed by atoms with van der Waals surface area (Å²) in [5, 5.41) is 2.80. The molecule has 1 aromatic carbocycles. The van der Waals surface area contributed by atoms with Crippen LogP contribution < -0.4 is 16.6 Å². The van der Waals surface area contributed by atoms with Crippen molar-refractivity contribution in [3.05, 3.63) is 58.5 Å². The lowest BCUT2D eigenvalue weighted by Gasteiger charge is -2.14. The topological polar surface area (TPSA) is 88.0 Å². The Labute approximate surface area is 129 Å². The summed E-state index contributed by atoms with van der Waals surface area (Å²) in [5.74, 6) is -0.145. The first-order valence-electron chi connectivity index (χ1n) is 7.29. The van der Waals surface area contributed by atoms with Crippen LogP contribution in [0.4, 0.5) is 0 Å². The Morgan fingerprint density at radius 3 is 2.45 bits per heavy atom. The number of carbonyl (C=O) groups is 1. The number of pyridine rings is 1. The zero-order valence-corrected chi connectivity index (χ0v) is 12.8. The third-order valence-electron chi connectivity index (χ3n) is 3.29. The third-order valence-corrected chi connectivity index (χ3v) is 3.29. The van der Waals surface area contributed by atoms with Crippen LogP contribution in [0.1, 0.15) is 19.4 Å². The van der Waals surface area contributed by atoms with E-state index in [1.54, 1.807) is 12.3 Å². The smallest absolute Gasteiger partial charge is 0.248 e. The molecule has 0 aliphatic carbocycles. The number of H-pyrrole nitrogens is 1. The van der Waals surface area contributed by atoms with Crippen LogP contribution in [0.2, 0.25) is 0 Å². The molecule has 0 fully saturated rings. The van der Waals surface area contributed by atoms with Gasteiger partial charge < -0.3 is 16.0 Å². The molecule has 5 nitrogen and oxygen atoms in total. The molecule has 116 valence electrons. The largest absolute Gasteiger partial charge is 0.353 e. The predicted molar refractivity (Wildman–Crippen MR) is 87.5 cm³/mol. The Hall–Kier alpha value is -2.40. The first kappa shape index (κ1) is 16.0. The Kier molecular flexibility index (Phi) is 5.12. The summed E-state index contributed by atoms with van der Waals surface area (Å²) in [4.78, 5) is 25.7. The summed E-state index contributed by atoms with van der Waals surface area (Å²) in [6.45, 7) is 3.81. The predicted octanol–water partition coefficient (Wildman–Crippen LogP) is 1.44. The normalized spacial score (nSPS) is 12.2. The molecule has 2 rings (SSSR count). The molecule has 0 saturated carbocycles. The molecule has 2 aromatic rings. The fraction of sp³-hybridized carbons (Fsp3) is 0.294. The number of amides is 1. The highest BCUT2D eigenvalue weighted by atomic mass is 16.2. The van der Waals surface area contributed by atoms with E-state index >= 15 is 0 Å². The van der Waals surface area contributed by atoms with Crippen molar-refractivity contribution in [2.75, 3.05) is 0 Å². The maximum atomic E-state index is 11.8. The van der Waals surface area contributed by atoms with Gasteiger partial charge in [-0.15, -0.1) is 0 Å². The van der Waals surface area contributed by atoms with Gasteiger partial charge in [-0.3, -0.25) is 9.59 Å². The average Bonchev–Trinajstić information content (AvgIpc) is 2.47.